The summed E-state index contributed by atoms with van der Waals surface area (Å²) in [5.41, 5.74) is 0. The Balaban J connectivity index is -0.0000000578. The zero-order chi connectivity index (χ0) is 34.8. The maximum absolute atomic E-state index is 6.00. The van der Waals surface area contributed by atoms with Gasteiger partial charge in [0.2, 0.25) is 0 Å². The van der Waals surface area contributed by atoms with Crippen molar-refractivity contribution in [3.63, 3.8) is 0 Å². The van der Waals surface area contributed by atoms with Crippen LogP contribution in [0.2, 0.25) is 157 Å². The van der Waals surface area contributed by atoms with E-state index in [1.54, 1.807) is 0 Å². The molecule has 0 aliphatic carbocycles. The molecule has 0 aromatic heterocycles. The average Bonchev–Trinajstić information content (AvgIpc) is 2.46. The summed E-state index contributed by atoms with van der Waals surface area (Å²) in [6, 6.07) is 0. The predicted octanol–water partition coefficient (Wildman–Crippen LogP) is 10.2. The van der Waals surface area contributed by atoms with Crippen molar-refractivity contribution in [3.05, 3.63) is 18.6 Å². The van der Waals surface area contributed by atoms with Crippen LogP contribution in [0.4, 0.5) is 0 Å². The molecule has 0 N–H and O–H groups in total. The van der Waals surface area contributed by atoms with Crippen LogP contribution >= 0.6 is 0 Å². The van der Waals surface area contributed by atoms with Gasteiger partial charge in [0.25, 0.3) is 0 Å². The van der Waals surface area contributed by atoms with Crippen LogP contribution in [0.15, 0.2) is 0 Å². The second-order valence-electron chi connectivity index (χ2n) is 17.8. The Hall–Kier alpha value is 2.84. The standard InChI is InChI=1S/4C6H18NSi2.2N2.2Ti/c4*1-8(2,3)7-9(4,5)6;2*1-2;;/h4*1-6H3;;;;/q4*-1;;;;+2. The number of nitrogens with zero attached hydrogens (tertiary/aromatic N) is 8. The second kappa shape index (κ2) is 26.8. The maximum Gasteiger partial charge on any atom is 2.00 e. The van der Waals surface area contributed by atoms with Crippen molar-refractivity contribution in [1.29, 1.82) is 0 Å². The van der Waals surface area contributed by atoms with Crippen molar-refractivity contribution >= 4 is 65.9 Å². The van der Waals surface area contributed by atoms with Gasteiger partial charge < -0.3 is 18.6 Å². The van der Waals surface area contributed by atoms with Gasteiger partial charge in [-0.25, -0.2) is 0 Å². The Bertz CT molecular complexity index is 431. The summed E-state index contributed by atoms with van der Waals surface area (Å²) in [4.78, 5) is 0. The van der Waals surface area contributed by atoms with Gasteiger partial charge >= 0.3 is 21.7 Å². The fraction of sp³-hybridized carbons (Fsp3) is 1.00. The Morgan fingerprint density at radius 1 is 0.238 bits per heavy atom. The Morgan fingerprint density at radius 2 is 0.286 bits per heavy atom. The first-order valence-corrected chi connectivity index (χ1v) is 41.8. The molecule has 0 heterocycles. The summed E-state index contributed by atoms with van der Waals surface area (Å²) < 4.78 is 19.3. The van der Waals surface area contributed by atoms with Crippen LogP contribution in [0.25, 0.3) is 18.6 Å². The third kappa shape index (κ3) is 104. The van der Waals surface area contributed by atoms with Gasteiger partial charge in [-0.15, -0.1) is 0 Å². The van der Waals surface area contributed by atoms with Crippen LogP contribution < -0.4 is 23.4 Å². The molecule has 0 aliphatic rings. The van der Waals surface area contributed by atoms with E-state index in [-0.39, 0.29) is 43.4 Å². The summed E-state index contributed by atoms with van der Waals surface area (Å²) in [5, 5.41) is 0. The van der Waals surface area contributed by atoms with E-state index in [0.29, 0.717) is 0 Å². The molecule has 0 bridgehead atoms. The van der Waals surface area contributed by atoms with E-state index in [4.69, 9.17) is 42.0 Å². The van der Waals surface area contributed by atoms with Crippen molar-refractivity contribution in [2.75, 3.05) is 0 Å². The van der Waals surface area contributed by atoms with E-state index >= 15 is 0 Å². The zero-order valence-electron chi connectivity index (χ0n) is 32.6. The Labute approximate surface area is 305 Å². The summed E-state index contributed by atoms with van der Waals surface area (Å²) in [6.07, 6.45) is 0. The summed E-state index contributed by atoms with van der Waals surface area (Å²) >= 11 is 0. The molecule has 8 nitrogen and oxygen atoms in total. The van der Waals surface area contributed by atoms with E-state index in [1.807, 2.05) is 0 Å². The van der Waals surface area contributed by atoms with E-state index in [2.05, 4.69) is 157 Å². The van der Waals surface area contributed by atoms with Gasteiger partial charge in [-0.05, 0) is 0 Å². The molecule has 0 atom stereocenters. The normalized spacial score (nSPS) is 12.3. The SMILES string of the molecule is C[Si](C)(C)[N-][Si](C)(C)C.C[Si](C)(C)[N-][Si](C)(C)C.C[Si](C)(C)[N-][Si](C)(C)C.C[Si](C)(C)[N-][Si](C)(C)C.[N][N].[N][N].[Ti+2].[Ti]. The van der Waals surface area contributed by atoms with Crippen LogP contribution in [0.1, 0.15) is 0 Å². The van der Waals surface area contributed by atoms with Crippen LogP contribution in [0.5, 0.6) is 0 Å². The molecule has 0 spiro atoms. The molecule has 0 unspecified atom stereocenters. The fourth-order valence-corrected chi connectivity index (χ4v) is 36.2. The van der Waals surface area contributed by atoms with Crippen molar-refractivity contribution < 1.29 is 43.4 Å². The molecule has 0 saturated carbocycles. The second-order valence-corrected chi connectivity index (χ2v) is 56.1. The topological polar surface area (TPSA) is 146 Å². The minimum Gasteiger partial charge on any atom is -0.668 e. The molecule has 0 fully saturated rings. The predicted molar refractivity (Wildman–Crippen MR) is 209 cm³/mol. The van der Waals surface area contributed by atoms with Gasteiger partial charge in [-0.1, -0.05) is 223 Å². The van der Waals surface area contributed by atoms with Crippen LogP contribution in [-0.4, -0.2) is 65.9 Å². The molecule has 0 saturated heterocycles. The van der Waals surface area contributed by atoms with Crippen molar-refractivity contribution in [1.82, 2.24) is 23.4 Å². The summed E-state index contributed by atoms with van der Waals surface area (Å²) in [7, 11) is -8.85. The van der Waals surface area contributed by atoms with E-state index in [9.17, 15) is 0 Å². The van der Waals surface area contributed by atoms with Crippen molar-refractivity contribution in [2.45, 2.75) is 157 Å². The largest absolute Gasteiger partial charge is 2.00 e. The maximum atomic E-state index is 6.00. The molecule has 0 rings (SSSR count). The number of hydrogen-bond donors (Lipinski definition) is 0. The first-order valence-electron chi connectivity index (χ1n) is 14.2. The monoisotopic (exact) mass is 792 g/mol. The van der Waals surface area contributed by atoms with Gasteiger partial charge in [0, 0.05) is 45.1 Å². The molecule has 8 radical (unpaired) electrons. The number of rotatable bonds is 8. The van der Waals surface area contributed by atoms with Crippen LogP contribution in [0, 0.1) is 0 Å². The van der Waals surface area contributed by atoms with E-state index in [0.717, 1.165) is 0 Å². The van der Waals surface area contributed by atoms with Gasteiger partial charge in [0.1, 0.15) is 0 Å². The van der Waals surface area contributed by atoms with Gasteiger partial charge in [0.05, 0.1) is 0 Å². The third-order valence-electron chi connectivity index (χ3n) is 2.68. The molecule has 42 heavy (non-hydrogen) atoms. The molecule has 0 amide bonds. The summed E-state index contributed by atoms with van der Waals surface area (Å²) in [6.45, 7) is 55.1. The molecule has 0 aliphatic heterocycles. The summed E-state index contributed by atoms with van der Waals surface area (Å²) in [5.74, 6) is 24.0. The molecule has 0 aromatic rings. The van der Waals surface area contributed by atoms with Gasteiger partial charge in [-0.2, -0.15) is 0 Å². The van der Waals surface area contributed by atoms with Crippen molar-refractivity contribution in [3.8, 4) is 0 Å². The Kier molecular flexibility index (Phi) is 40.5. The molecule has 18 heteroatoms. The third-order valence-corrected chi connectivity index (χ3v) is 24.1. The van der Waals surface area contributed by atoms with Gasteiger partial charge in [-0.3, -0.25) is 0 Å². The molecular formula is C24H72N8Si8Ti2-2. The average molecular weight is 793 g/mol. The smallest absolute Gasteiger partial charge is 0.668 e. The number of hydrogen-bond acceptors (Lipinski definition) is 0. The minimum absolute atomic E-state index is 0. The van der Waals surface area contributed by atoms with Crippen LogP contribution in [0.3, 0.4) is 0 Å². The first-order chi connectivity index (χ1) is 16.8. The molecule has 0 aromatic carbocycles. The molecule has 250 valence electrons. The fourth-order valence-electron chi connectivity index (χ4n) is 4.02. The van der Waals surface area contributed by atoms with Gasteiger partial charge in [0.15, 0.2) is 0 Å². The first kappa shape index (κ1) is 63.5. The van der Waals surface area contributed by atoms with Crippen LogP contribution in [-0.2, 0) is 43.4 Å². The molecular weight excluding hydrogens is 721 g/mol. The Morgan fingerprint density at radius 3 is 0.286 bits per heavy atom. The zero-order valence-corrected chi connectivity index (χ0v) is 43.7. The van der Waals surface area contributed by atoms with E-state index in [1.165, 1.54) is 0 Å². The van der Waals surface area contributed by atoms with E-state index < -0.39 is 65.9 Å². The minimum atomic E-state index is -1.11. The van der Waals surface area contributed by atoms with Crippen molar-refractivity contribution in [2.24, 2.45) is 0 Å². The quantitative estimate of drug-likeness (QED) is 0.170.